The van der Waals surface area contributed by atoms with Crippen molar-refractivity contribution in [3.63, 3.8) is 0 Å². The fourth-order valence-corrected chi connectivity index (χ4v) is 2.32. The predicted molar refractivity (Wildman–Crippen MR) is 65.0 cm³/mol. The first-order valence-corrected chi connectivity index (χ1v) is 6.08. The fourth-order valence-electron chi connectivity index (χ4n) is 2.32. The van der Waals surface area contributed by atoms with Gasteiger partial charge in [0.25, 0.3) is 0 Å². The molecule has 1 aliphatic rings. The molecule has 1 aliphatic carbocycles. The number of aryl methyl sites for hydroxylation is 1. The Morgan fingerprint density at radius 2 is 2.13 bits per heavy atom. The maximum atomic E-state index is 3.67. The highest BCUT2D eigenvalue weighted by Crippen LogP contribution is 2.30. The first-order chi connectivity index (χ1) is 7.27. The van der Waals surface area contributed by atoms with E-state index in [0.717, 1.165) is 12.5 Å². The first-order valence-electron chi connectivity index (χ1n) is 6.08. The van der Waals surface area contributed by atoms with Crippen molar-refractivity contribution >= 4 is 0 Å². The number of hydrogen-bond acceptors (Lipinski definition) is 1. The third-order valence-corrected chi connectivity index (χ3v) is 3.25. The van der Waals surface area contributed by atoms with E-state index in [0.29, 0.717) is 6.04 Å². The summed E-state index contributed by atoms with van der Waals surface area (Å²) in [5.74, 6) is 0.800. The molecule has 0 aliphatic heterocycles. The molecule has 1 aromatic rings. The molecule has 1 aromatic carbocycles. The third-order valence-electron chi connectivity index (χ3n) is 3.25. The molecule has 15 heavy (non-hydrogen) atoms. The summed E-state index contributed by atoms with van der Waals surface area (Å²) in [4.78, 5) is 0. The van der Waals surface area contributed by atoms with E-state index in [9.17, 15) is 0 Å². The van der Waals surface area contributed by atoms with Gasteiger partial charge < -0.3 is 5.32 Å². The summed E-state index contributed by atoms with van der Waals surface area (Å²) in [5, 5.41) is 3.67. The molecule has 82 valence electrons. The van der Waals surface area contributed by atoms with Crippen LogP contribution < -0.4 is 5.32 Å². The van der Waals surface area contributed by atoms with Crippen LogP contribution in [0.15, 0.2) is 24.3 Å². The second kappa shape index (κ2) is 4.80. The van der Waals surface area contributed by atoms with Crippen molar-refractivity contribution in [3.05, 3.63) is 35.4 Å². The largest absolute Gasteiger partial charge is 0.310 e. The highest BCUT2D eigenvalue weighted by Gasteiger charge is 2.20. The van der Waals surface area contributed by atoms with Crippen molar-refractivity contribution in [2.45, 2.75) is 39.2 Å². The van der Waals surface area contributed by atoms with E-state index < -0.39 is 0 Å². The summed E-state index contributed by atoms with van der Waals surface area (Å²) in [6.45, 7) is 5.71. The zero-order valence-corrected chi connectivity index (χ0v) is 9.79. The maximum Gasteiger partial charge on any atom is 0.0326 e. The van der Waals surface area contributed by atoms with Gasteiger partial charge in [0.1, 0.15) is 0 Å². The summed E-state index contributed by atoms with van der Waals surface area (Å²) in [6.07, 6.45) is 3.80. The van der Waals surface area contributed by atoms with Crippen LogP contribution in [0.2, 0.25) is 0 Å². The van der Waals surface area contributed by atoms with Crippen molar-refractivity contribution in [2.24, 2.45) is 5.92 Å². The SMILES string of the molecule is CC(C)CCN[C@H]1CCc2ccccc21. The summed E-state index contributed by atoms with van der Waals surface area (Å²) in [7, 11) is 0. The molecule has 2 rings (SSSR count). The van der Waals surface area contributed by atoms with E-state index in [4.69, 9.17) is 0 Å². The number of benzene rings is 1. The molecular formula is C14H21N. The van der Waals surface area contributed by atoms with Crippen molar-refractivity contribution in [3.8, 4) is 0 Å². The van der Waals surface area contributed by atoms with Crippen LogP contribution in [-0.4, -0.2) is 6.54 Å². The van der Waals surface area contributed by atoms with Crippen molar-refractivity contribution in [1.82, 2.24) is 5.32 Å². The number of rotatable bonds is 4. The average molecular weight is 203 g/mol. The van der Waals surface area contributed by atoms with Crippen LogP contribution in [0, 0.1) is 5.92 Å². The zero-order chi connectivity index (χ0) is 10.7. The molecule has 0 unspecified atom stereocenters. The van der Waals surface area contributed by atoms with E-state index in [1.807, 2.05) is 0 Å². The van der Waals surface area contributed by atoms with Gasteiger partial charge in [0.05, 0.1) is 0 Å². The van der Waals surface area contributed by atoms with E-state index in [2.05, 4.69) is 43.4 Å². The molecule has 0 bridgehead atoms. The molecule has 0 spiro atoms. The van der Waals surface area contributed by atoms with Crippen LogP contribution >= 0.6 is 0 Å². The van der Waals surface area contributed by atoms with Gasteiger partial charge >= 0.3 is 0 Å². The van der Waals surface area contributed by atoms with Gasteiger partial charge in [0.2, 0.25) is 0 Å². The summed E-state index contributed by atoms with van der Waals surface area (Å²) in [5.41, 5.74) is 3.07. The number of nitrogens with one attached hydrogen (secondary N) is 1. The highest BCUT2D eigenvalue weighted by atomic mass is 14.9. The Morgan fingerprint density at radius 3 is 2.93 bits per heavy atom. The van der Waals surface area contributed by atoms with Gasteiger partial charge in [0.15, 0.2) is 0 Å². The van der Waals surface area contributed by atoms with Crippen molar-refractivity contribution < 1.29 is 0 Å². The van der Waals surface area contributed by atoms with Gasteiger partial charge in [-0.25, -0.2) is 0 Å². The monoisotopic (exact) mass is 203 g/mol. The molecule has 0 saturated carbocycles. The summed E-state index contributed by atoms with van der Waals surface area (Å²) < 4.78 is 0. The highest BCUT2D eigenvalue weighted by molar-refractivity contribution is 5.34. The third kappa shape index (κ3) is 2.60. The predicted octanol–water partition coefficient (Wildman–Crippen LogP) is 3.31. The summed E-state index contributed by atoms with van der Waals surface area (Å²) >= 11 is 0. The molecule has 1 N–H and O–H groups in total. The van der Waals surface area contributed by atoms with Crippen LogP contribution in [0.25, 0.3) is 0 Å². The Balaban J connectivity index is 1.90. The summed E-state index contributed by atoms with van der Waals surface area (Å²) in [6, 6.07) is 9.45. The van der Waals surface area contributed by atoms with Crippen LogP contribution in [-0.2, 0) is 6.42 Å². The zero-order valence-electron chi connectivity index (χ0n) is 9.79. The molecule has 1 heteroatoms. The molecule has 0 radical (unpaired) electrons. The molecule has 1 atom stereocenters. The smallest absolute Gasteiger partial charge is 0.0326 e. The lowest BCUT2D eigenvalue weighted by Crippen LogP contribution is -2.21. The second-order valence-corrected chi connectivity index (χ2v) is 4.93. The lowest BCUT2D eigenvalue weighted by molar-refractivity contribution is 0.476. The minimum Gasteiger partial charge on any atom is -0.310 e. The maximum absolute atomic E-state index is 3.67. The Morgan fingerprint density at radius 1 is 1.33 bits per heavy atom. The Kier molecular flexibility index (Phi) is 3.42. The molecule has 0 heterocycles. The van der Waals surface area contributed by atoms with Gasteiger partial charge in [-0.3, -0.25) is 0 Å². The quantitative estimate of drug-likeness (QED) is 0.791. The van der Waals surface area contributed by atoms with E-state index in [1.165, 1.54) is 24.8 Å². The van der Waals surface area contributed by atoms with E-state index >= 15 is 0 Å². The topological polar surface area (TPSA) is 12.0 Å². The molecule has 0 aromatic heterocycles. The van der Waals surface area contributed by atoms with Gasteiger partial charge in [-0.05, 0) is 42.9 Å². The Hall–Kier alpha value is -0.820. The minimum absolute atomic E-state index is 0.611. The lowest BCUT2D eigenvalue weighted by atomic mass is 10.1. The minimum atomic E-state index is 0.611. The van der Waals surface area contributed by atoms with Gasteiger partial charge in [-0.2, -0.15) is 0 Å². The first kappa shape index (κ1) is 10.7. The van der Waals surface area contributed by atoms with Crippen molar-refractivity contribution in [2.75, 3.05) is 6.54 Å². The fraction of sp³-hybridized carbons (Fsp3) is 0.571. The van der Waals surface area contributed by atoms with Crippen LogP contribution in [0.1, 0.15) is 43.9 Å². The molecular weight excluding hydrogens is 182 g/mol. The van der Waals surface area contributed by atoms with Gasteiger partial charge in [-0.15, -0.1) is 0 Å². The Bertz CT molecular complexity index is 317. The lowest BCUT2D eigenvalue weighted by Gasteiger charge is -2.14. The van der Waals surface area contributed by atoms with E-state index in [-0.39, 0.29) is 0 Å². The average Bonchev–Trinajstić information content (AvgIpc) is 2.62. The molecule has 0 fully saturated rings. The molecule has 0 amide bonds. The standard InChI is InChI=1S/C14H21N/c1-11(2)9-10-15-14-8-7-12-5-3-4-6-13(12)14/h3-6,11,14-15H,7-10H2,1-2H3/t14-/m0/s1. The van der Waals surface area contributed by atoms with Crippen LogP contribution in [0.3, 0.4) is 0 Å². The Labute approximate surface area is 92.9 Å². The van der Waals surface area contributed by atoms with Gasteiger partial charge in [-0.1, -0.05) is 38.1 Å². The van der Waals surface area contributed by atoms with Gasteiger partial charge in [0, 0.05) is 6.04 Å². The molecule has 1 nitrogen and oxygen atoms in total. The van der Waals surface area contributed by atoms with Crippen LogP contribution in [0.5, 0.6) is 0 Å². The second-order valence-electron chi connectivity index (χ2n) is 4.93. The normalized spacial score (nSPS) is 19.5. The number of hydrogen-bond donors (Lipinski definition) is 1. The molecule has 0 saturated heterocycles. The van der Waals surface area contributed by atoms with Crippen molar-refractivity contribution in [1.29, 1.82) is 0 Å². The number of fused-ring (bicyclic) bond motifs is 1. The van der Waals surface area contributed by atoms with Crippen LogP contribution in [0.4, 0.5) is 0 Å². The van der Waals surface area contributed by atoms with E-state index in [1.54, 1.807) is 5.56 Å².